The lowest BCUT2D eigenvalue weighted by Gasteiger charge is -2.21. The Morgan fingerprint density at radius 1 is 1.16 bits per heavy atom. The van der Waals surface area contributed by atoms with Crippen molar-refractivity contribution < 1.29 is 23.8 Å². The van der Waals surface area contributed by atoms with Crippen molar-refractivity contribution in [1.82, 2.24) is 0 Å². The van der Waals surface area contributed by atoms with Crippen LogP contribution in [0.4, 0.5) is 0 Å². The van der Waals surface area contributed by atoms with Gasteiger partial charge in [-0.1, -0.05) is 6.42 Å². The van der Waals surface area contributed by atoms with Crippen molar-refractivity contribution in [1.29, 1.82) is 0 Å². The van der Waals surface area contributed by atoms with Gasteiger partial charge in [0.25, 0.3) is 0 Å². The summed E-state index contributed by atoms with van der Waals surface area (Å²) in [6, 6.07) is 0. The highest BCUT2D eigenvalue weighted by Gasteiger charge is 2.12. The summed E-state index contributed by atoms with van der Waals surface area (Å²) in [6.07, 6.45) is 7.50. The van der Waals surface area contributed by atoms with Crippen LogP contribution in [0.5, 0.6) is 0 Å². The molecule has 108 valence electrons. The van der Waals surface area contributed by atoms with Crippen LogP contribution in [0.1, 0.15) is 32.1 Å². The van der Waals surface area contributed by atoms with Gasteiger partial charge in [0.05, 0.1) is 13.7 Å². The van der Waals surface area contributed by atoms with E-state index in [0.717, 1.165) is 57.0 Å². The molecule has 5 nitrogen and oxygen atoms in total. The Hall–Kier alpha value is -1.36. The summed E-state index contributed by atoms with van der Waals surface area (Å²) in [5.74, 6) is -0.309. The van der Waals surface area contributed by atoms with Crippen molar-refractivity contribution in [3.05, 3.63) is 12.2 Å². The number of unbranched alkanes of at least 4 members (excludes halogenated alkanes) is 1. The minimum absolute atomic E-state index is 0.396. The Morgan fingerprint density at radius 2 is 1.84 bits per heavy atom. The van der Waals surface area contributed by atoms with Crippen molar-refractivity contribution in [3.63, 3.8) is 0 Å². The average Bonchev–Trinajstić information content (AvgIpc) is 2.45. The van der Waals surface area contributed by atoms with E-state index in [1.165, 1.54) is 13.5 Å². The van der Waals surface area contributed by atoms with E-state index >= 15 is 0 Å². The predicted molar refractivity (Wildman–Crippen MR) is 69.5 cm³/mol. The molecule has 0 bridgehead atoms. The zero-order valence-electron chi connectivity index (χ0n) is 11.4. The van der Waals surface area contributed by atoms with Crippen molar-refractivity contribution in [2.24, 2.45) is 5.92 Å². The first-order chi connectivity index (χ1) is 9.22. The van der Waals surface area contributed by atoms with Crippen LogP contribution in [-0.2, 0) is 23.8 Å². The molecule has 0 amide bonds. The number of hydrogen-bond acceptors (Lipinski definition) is 5. The molecule has 0 aromatic heterocycles. The molecular formula is C14H22O5. The molecule has 0 aliphatic carbocycles. The fourth-order valence-electron chi connectivity index (χ4n) is 2.00. The molecule has 5 heteroatoms. The van der Waals surface area contributed by atoms with Gasteiger partial charge in [-0.3, -0.25) is 0 Å². The summed E-state index contributed by atoms with van der Waals surface area (Å²) >= 11 is 0. The third-order valence-electron chi connectivity index (χ3n) is 3.15. The molecule has 0 unspecified atom stereocenters. The molecule has 1 heterocycles. The highest BCUT2D eigenvalue weighted by molar-refractivity contribution is 5.91. The molecule has 0 atom stereocenters. The fraction of sp³-hybridized carbons (Fsp3) is 0.714. The average molecular weight is 270 g/mol. The number of hydrogen-bond donors (Lipinski definition) is 0. The quantitative estimate of drug-likeness (QED) is 0.401. The molecule has 1 aliphatic heterocycles. The number of methoxy groups -OCH3 is 1. The Balaban J connectivity index is 1.99. The number of ether oxygens (including phenoxy) is 3. The lowest BCUT2D eigenvalue weighted by molar-refractivity contribution is -0.139. The second-order valence-corrected chi connectivity index (χ2v) is 4.58. The van der Waals surface area contributed by atoms with E-state index in [4.69, 9.17) is 9.47 Å². The molecule has 0 spiro atoms. The first-order valence-corrected chi connectivity index (χ1v) is 6.73. The molecule has 0 saturated carbocycles. The van der Waals surface area contributed by atoms with E-state index < -0.39 is 11.9 Å². The Labute approximate surface area is 113 Å². The van der Waals surface area contributed by atoms with Crippen LogP contribution in [0, 0.1) is 5.92 Å². The second kappa shape index (κ2) is 9.55. The van der Waals surface area contributed by atoms with Crippen LogP contribution in [-0.4, -0.2) is 38.9 Å². The summed E-state index contributed by atoms with van der Waals surface area (Å²) in [7, 11) is 1.26. The van der Waals surface area contributed by atoms with Gasteiger partial charge in [-0.15, -0.1) is 0 Å². The third-order valence-corrected chi connectivity index (χ3v) is 3.15. The summed E-state index contributed by atoms with van der Waals surface area (Å²) in [5.41, 5.74) is 0. The number of carbonyl (C=O) groups excluding carboxylic acids is 2. The van der Waals surface area contributed by atoms with Gasteiger partial charge >= 0.3 is 11.9 Å². The molecular weight excluding hydrogens is 248 g/mol. The van der Waals surface area contributed by atoms with Crippen molar-refractivity contribution in [2.45, 2.75) is 32.1 Å². The topological polar surface area (TPSA) is 61.8 Å². The third kappa shape index (κ3) is 7.62. The Morgan fingerprint density at radius 3 is 2.53 bits per heavy atom. The summed E-state index contributed by atoms with van der Waals surface area (Å²) in [6.45, 7) is 2.14. The lowest BCUT2D eigenvalue weighted by atomic mass is 9.94. The number of carbonyl (C=O) groups is 2. The SMILES string of the molecule is COC(=O)/C=C/C(=O)OCCCCC1CCOCC1. The van der Waals surface area contributed by atoms with Gasteiger partial charge in [0.15, 0.2) is 0 Å². The largest absolute Gasteiger partial charge is 0.466 e. The van der Waals surface area contributed by atoms with E-state index in [-0.39, 0.29) is 0 Å². The van der Waals surface area contributed by atoms with Gasteiger partial charge < -0.3 is 14.2 Å². The normalized spacial score (nSPS) is 16.5. The van der Waals surface area contributed by atoms with E-state index in [2.05, 4.69) is 4.74 Å². The van der Waals surface area contributed by atoms with Crippen LogP contribution >= 0.6 is 0 Å². The predicted octanol–water partition coefficient (Wildman–Crippen LogP) is 1.86. The van der Waals surface area contributed by atoms with Crippen LogP contribution in [0.2, 0.25) is 0 Å². The minimum atomic E-state index is -0.559. The van der Waals surface area contributed by atoms with Crippen LogP contribution in [0.15, 0.2) is 12.2 Å². The zero-order chi connectivity index (χ0) is 13.9. The molecule has 1 aliphatic rings. The monoisotopic (exact) mass is 270 g/mol. The Kier molecular flexibility index (Phi) is 7.89. The maximum Gasteiger partial charge on any atom is 0.331 e. The first-order valence-electron chi connectivity index (χ1n) is 6.73. The van der Waals surface area contributed by atoms with Crippen LogP contribution in [0.25, 0.3) is 0 Å². The highest BCUT2D eigenvalue weighted by atomic mass is 16.5. The standard InChI is InChI=1S/C14H22O5/c1-17-13(15)5-6-14(16)19-9-3-2-4-12-7-10-18-11-8-12/h5-6,12H,2-4,7-11H2,1H3/b6-5+. The maximum absolute atomic E-state index is 11.2. The smallest absolute Gasteiger partial charge is 0.331 e. The summed E-state index contributed by atoms with van der Waals surface area (Å²) in [5, 5.41) is 0. The number of rotatable bonds is 7. The summed E-state index contributed by atoms with van der Waals surface area (Å²) < 4.78 is 14.6. The molecule has 0 aromatic rings. The Bertz CT molecular complexity index is 305. The molecule has 0 aromatic carbocycles. The van der Waals surface area contributed by atoms with Crippen LogP contribution in [0.3, 0.4) is 0 Å². The molecule has 0 radical (unpaired) electrons. The van der Waals surface area contributed by atoms with Gasteiger partial charge in [0, 0.05) is 25.4 Å². The van der Waals surface area contributed by atoms with Gasteiger partial charge in [-0.05, 0) is 31.6 Å². The molecule has 1 fully saturated rings. The molecule has 0 N–H and O–H groups in total. The lowest BCUT2D eigenvalue weighted by Crippen LogP contribution is -2.15. The van der Waals surface area contributed by atoms with E-state index in [9.17, 15) is 9.59 Å². The van der Waals surface area contributed by atoms with E-state index in [1.54, 1.807) is 0 Å². The zero-order valence-corrected chi connectivity index (χ0v) is 11.4. The maximum atomic E-state index is 11.2. The van der Waals surface area contributed by atoms with Crippen LogP contribution < -0.4 is 0 Å². The van der Waals surface area contributed by atoms with Gasteiger partial charge in [-0.2, -0.15) is 0 Å². The molecule has 1 saturated heterocycles. The molecule has 19 heavy (non-hydrogen) atoms. The summed E-state index contributed by atoms with van der Waals surface area (Å²) in [4.78, 5) is 21.9. The van der Waals surface area contributed by atoms with Gasteiger partial charge in [-0.25, -0.2) is 9.59 Å². The van der Waals surface area contributed by atoms with E-state index in [1.807, 2.05) is 0 Å². The van der Waals surface area contributed by atoms with Gasteiger partial charge in [0.2, 0.25) is 0 Å². The fourth-order valence-corrected chi connectivity index (χ4v) is 2.00. The van der Waals surface area contributed by atoms with Crippen molar-refractivity contribution in [2.75, 3.05) is 26.9 Å². The first kappa shape index (κ1) is 15.7. The minimum Gasteiger partial charge on any atom is -0.466 e. The second-order valence-electron chi connectivity index (χ2n) is 4.58. The number of esters is 2. The highest BCUT2D eigenvalue weighted by Crippen LogP contribution is 2.20. The van der Waals surface area contributed by atoms with Crippen molar-refractivity contribution >= 4 is 11.9 Å². The van der Waals surface area contributed by atoms with Crippen molar-refractivity contribution in [3.8, 4) is 0 Å². The molecule has 1 rings (SSSR count). The van der Waals surface area contributed by atoms with E-state index in [0.29, 0.717) is 6.61 Å². The van der Waals surface area contributed by atoms with Gasteiger partial charge in [0.1, 0.15) is 0 Å².